The minimum Gasteiger partial charge on any atom is 0 e. The molecule has 0 fully saturated rings. The maximum Gasteiger partial charge on any atom is 0 e. The zero-order valence-corrected chi connectivity index (χ0v) is 4.16. The molecule has 0 saturated carbocycles. The van der Waals surface area contributed by atoms with Crippen LogP contribution in [0.4, 0.5) is 0 Å². The predicted molar refractivity (Wildman–Crippen MR) is 28.9 cm³/mol. The Morgan fingerprint density at radius 2 is 1.14 bits per heavy atom. The Morgan fingerprint density at radius 1 is 1.14 bits per heavy atom. The first-order chi connectivity index (χ1) is 2.00. The fraction of sp³-hybridized carbons (Fsp3) is 0. The third-order valence-electron chi connectivity index (χ3n) is 0. The molecule has 4 nitrogen and oxygen atoms in total. The fourth-order valence-electron chi connectivity index (χ4n) is 0. The van der Waals surface area contributed by atoms with E-state index in [1.807, 2.05) is 0 Å². The molecule has 0 aromatic rings. The predicted octanol–water partition coefficient (Wildman–Crippen LogP) is -0.653. The second-order valence-electron chi connectivity index (χ2n) is 0.448. The zero-order valence-electron chi connectivity index (χ0n) is 2.53. The summed E-state index contributed by atoms with van der Waals surface area (Å²) in [6, 6.07) is 0. The van der Waals surface area contributed by atoms with E-state index in [1.165, 1.54) is 0 Å². The van der Waals surface area contributed by atoms with Crippen molar-refractivity contribution in [1.29, 1.82) is 0 Å². The van der Waals surface area contributed by atoms with Crippen molar-refractivity contribution < 1.29 is 17.5 Å². The van der Waals surface area contributed by atoms with Crippen LogP contribution in [-0.4, -0.2) is 47.1 Å². The minimum atomic E-state index is -4.67. The fourth-order valence-corrected chi connectivity index (χ4v) is 0. The normalized spacial score (nSPS) is 8.29. The molecule has 0 atom stereocenters. The van der Waals surface area contributed by atoms with Crippen LogP contribution in [0, 0.1) is 0 Å². The summed E-state index contributed by atoms with van der Waals surface area (Å²) in [7, 11) is -4.67. The zero-order chi connectivity index (χ0) is 4.50. The Bertz CT molecular complexity index is 92.9. The van der Waals surface area contributed by atoms with Gasteiger partial charge in [-0.3, -0.25) is 9.11 Å². The number of hydrogen-bond acceptors (Lipinski definition) is 2. The molecule has 0 unspecified atom stereocenters. The summed E-state index contributed by atoms with van der Waals surface area (Å²) >= 11 is 0. The van der Waals surface area contributed by atoms with E-state index < -0.39 is 10.4 Å². The molecule has 7 heteroatoms. The van der Waals surface area contributed by atoms with Gasteiger partial charge in [-0.05, 0) is 0 Å². The quantitative estimate of drug-likeness (QED) is 0.359. The molecule has 0 aliphatic carbocycles. The number of hydrogen-bond donors (Lipinski definition) is 2. The molecular formula is H3NaO4S2. The first-order valence-corrected chi connectivity index (χ1v) is 2.10. The largest absolute Gasteiger partial charge is 0 e. The van der Waals surface area contributed by atoms with Crippen molar-refractivity contribution >= 4 is 53.5 Å². The van der Waals surface area contributed by atoms with Crippen LogP contribution in [-0.2, 0) is 10.4 Å². The van der Waals surface area contributed by atoms with Crippen LogP contribution < -0.4 is 0 Å². The third-order valence-corrected chi connectivity index (χ3v) is 0. The van der Waals surface area contributed by atoms with Gasteiger partial charge in [0.1, 0.15) is 0 Å². The molecule has 0 aliphatic heterocycles. The van der Waals surface area contributed by atoms with E-state index in [-0.39, 0.29) is 43.1 Å². The molecule has 0 rings (SSSR count). The van der Waals surface area contributed by atoms with Crippen LogP contribution in [0.25, 0.3) is 0 Å². The SMILES string of the molecule is O=S(=O)(O)O.[NaH].[S]. The van der Waals surface area contributed by atoms with Crippen molar-refractivity contribution in [3.8, 4) is 0 Å². The topological polar surface area (TPSA) is 74.6 Å². The van der Waals surface area contributed by atoms with Gasteiger partial charge in [0.15, 0.2) is 0 Å². The van der Waals surface area contributed by atoms with E-state index in [0.29, 0.717) is 0 Å². The molecule has 7 heavy (non-hydrogen) atoms. The average Bonchev–Trinajstić information content (AvgIpc) is 0.722. The summed E-state index contributed by atoms with van der Waals surface area (Å²) in [5, 5.41) is 0. The van der Waals surface area contributed by atoms with Gasteiger partial charge in [-0.25, -0.2) is 0 Å². The van der Waals surface area contributed by atoms with E-state index in [0.717, 1.165) is 0 Å². The van der Waals surface area contributed by atoms with Crippen LogP contribution in [0.2, 0.25) is 0 Å². The van der Waals surface area contributed by atoms with Gasteiger partial charge in [-0.2, -0.15) is 8.42 Å². The summed E-state index contributed by atoms with van der Waals surface area (Å²) in [5.41, 5.74) is 0. The molecule has 0 bridgehead atoms. The monoisotopic (exact) mass is 154 g/mol. The van der Waals surface area contributed by atoms with Gasteiger partial charge in [-0.15, -0.1) is 0 Å². The Kier molecular flexibility index (Phi) is 12.0. The first-order valence-electron chi connectivity index (χ1n) is 0.698. The van der Waals surface area contributed by atoms with Crippen LogP contribution in [0.3, 0.4) is 0 Å². The van der Waals surface area contributed by atoms with E-state index in [9.17, 15) is 0 Å². The molecule has 0 amide bonds. The summed E-state index contributed by atoms with van der Waals surface area (Å²) in [4.78, 5) is 0. The van der Waals surface area contributed by atoms with E-state index in [1.54, 1.807) is 0 Å². The van der Waals surface area contributed by atoms with E-state index >= 15 is 0 Å². The van der Waals surface area contributed by atoms with Gasteiger partial charge < -0.3 is 0 Å². The second-order valence-corrected chi connectivity index (χ2v) is 1.34. The summed E-state index contributed by atoms with van der Waals surface area (Å²) in [6.07, 6.45) is 0. The third kappa shape index (κ3) is 132. The first kappa shape index (κ1) is 15.7. The van der Waals surface area contributed by atoms with Crippen LogP contribution >= 0.6 is 13.5 Å². The molecule has 0 spiro atoms. The van der Waals surface area contributed by atoms with Crippen molar-refractivity contribution in [3.63, 3.8) is 0 Å². The van der Waals surface area contributed by atoms with Crippen molar-refractivity contribution in [3.05, 3.63) is 0 Å². The molecule has 0 aromatic carbocycles. The molecule has 40 valence electrons. The molecule has 0 aromatic heterocycles. The molecule has 0 saturated heterocycles. The summed E-state index contributed by atoms with van der Waals surface area (Å²) in [5.74, 6) is 0. The minimum absolute atomic E-state index is 0. The molecule has 0 aliphatic rings. The Balaban J connectivity index is -0.0000000800. The van der Waals surface area contributed by atoms with Crippen molar-refractivity contribution in [1.82, 2.24) is 0 Å². The summed E-state index contributed by atoms with van der Waals surface area (Å²) in [6.45, 7) is 0. The van der Waals surface area contributed by atoms with Gasteiger partial charge >= 0.3 is 40.0 Å². The Hall–Kier alpha value is 1.22. The molecule has 0 heterocycles. The van der Waals surface area contributed by atoms with Gasteiger partial charge in [0, 0.05) is 13.5 Å². The molecule has 2 radical (unpaired) electrons. The van der Waals surface area contributed by atoms with Gasteiger partial charge in [0.25, 0.3) is 0 Å². The Morgan fingerprint density at radius 3 is 1.14 bits per heavy atom. The van der Waals surface area contributed by atoms with Crippen LogP contribution in [0.15, 0.2) is 0 Å². The van der Waals surface area contributed by atoms with Crippen LogP contribution in [0.1, 0.15) is 0 Å². The number of rotatable bonds is 0. The maximum absolute atomic E-state index is 8.74. The average molecular weight is 154 g/mol. The van der Waals surface area contributed by atoms with Crippen molar-refractivity contribution in [2.45, 2.75) is 0 Å². The van der Waals surface area contributed by atoms with E-state index in [4.69, 9.17) is 17.5 Å². The van der Waals surface area contributed by atoms with Gasteiger partial charge in [-0.1, -0.05) is 0 Å². The summed E-state index contributed by atoms with van der Waals surface area (Å²) < 4.78 is 31.6. The van der Waals surface area contributed by atoms with Gasteiger partial charge in [0.05, 0.1) is 0 Å². The molecule has 2 N–H and O–H groups in total. The van der Waals surface area contributed by atoms with Crippen molar-refractivity contribution in [2.75, 3.05) is 0 Å². The Labute approximate surface area is 70.6 Å². The standard InChI is InChI=1S/Na.H2O4S.S.H/c;1-5(2,3)4;;/h;(H2,1,2,3,4);;. The molecular weight excluding hydrogens is 151 g/mol. The van der Waals surface area contributed by atoms with Gasteiger partial charge in [0.2, 0.25) is 0 Å². The smallest absolute Gasteiger partial charge is 0 e. The van der Waals surface area contributed by atoms with Crippen LogP contribution in [0.5, 0.6) is 0 Å². The second kappa shape index (κ2) is 5.36. The maximum atomic E-state index is 8.74. The van der Waals surface area contributed by atoms with Crippen molar-refractivity contribution in [2.24, 2.45) is 0 Å². The van der Waals surface area contributed by atoms with E-state index in [2.05, 4.69) is 0 Å².